The third-order valence-electron chi connectivity index (χ3n) is 1.99. The zero-order chi connectivity index (χ0) is 6.27. The number of fused-ring (bicyclic) bond motifs is 1. The summed E-state index contributed by atoms with van der Waals surface area (Å²) in [5, 5.41) is 0. The van der Waals surface area contributed by atoms with Crippen molar-refractivity contribution in [3.05, 3.63) is 29.1 Å². The summed E-state index contributed by atoms with van der Waals surface area (Å²) in [7, 11) is 0. The molecule has 0 unspecified atom stereocenters. The van der Waals surface area contributed by atoms with Crippen molar-refractivity contribution in [2.75, 3.05) is 0 Å². The van der Waals surface area contributed by atoms with Crippen LogP contribution in [0, 0.1) is 6.92 Å². The summed E-state index contributed by atoms with van der Waals surface area (Å²) in [6, 6.07) is 2.08. The molecule has 46 valence electrons. The first-order valence-electron chi connectivity index (χ1n) is 3.31. The van der Waals surface area contributed by atoms with Crippen LogP contribution in [-0.4, -0.2) is 4.98 Å². The van der Waals surface area contributed by atoms with E-state index in [0.717, 1.165) is 0 Å². The molecule has 1 aliphatic rings. The minimum absolute atomic E-state index is 1.19. The molecule has 0 spiro atoms. The molecule has 9 heavy (non-hydrogen) atoms. The fourth-order valence-electron chi connectivity index (χ4n) is 1.27. The summed E-state index contributed by atoms with van der Waals surface area (Å²) in [5.74, 6) is 0. The third-order valence-corrected chi connectivity index (χ3v) is 1.99. The van der Waals surface area contributed by atoms with Gasteiger partial charge >= 0.3 is 0 Å². The Kier molecular flexibility index (Phi) is 0.865. The predicted octanol–water partition coefficient (Wildman–Crippen LogP) is 1.49. The van der Waals surface area contributed by atoms with Gasteiger partial charge in [-0.2, -0.15) is 0 Å². The molecule has 1 aliphatic carbocycles. The molecule has 0 aromatic carbocycles. The maximum absolute atomic E-state index is 4.23. The predicted molar refractivity (Wildman–Crippen MR) is 36.4 cm³/mol. The molecule has 2 rings (SSSR count). The Labute approximate surface area is 54.7 Å². The van der Waals surface area contributed by atoms with E-state index in [1.165, 1.54) is 29.7 Å². The van der Waals surface area contributed by atoms with E-state index in [9.17, 15) is 0 Å². The van der Waals surface area contributed by atoms with E-state index in [4.69, 9.17) is 0 Å². The van der Waals surface area contributed by atoms with Gasteiger partial charge in [0.05, 0.1) is 0 Å². The monoisotopic (exact) mass is 119 g/mol. The van der Waals surface area contributed by atoms with Gasteiger partial charge in [0.1, 0.15) is 0 Å². The van der Waals surface area contributed by atoms with E-state index in [-0.39, 0.29) is 0 Å². The van der Waals surface area contributed by atoms with Crippen LogP contribution in [-0.2, 0) is 12.8 Å². The fraction of sp³-hybridized carbons (Fsp3) is 0.375. The van der Waals surface area contributed by atoms with E-state index in [1.807, 2.05) is 6.20 Å². The van der Waals surface area contributed by atoms with Crippen LogP contribution < -0.4 is 0 Å². The third kappa shape index (κ3) is 0.576. The molecular formula is C8H9N. The zero-order valence-electron chi connectivity index (χ0n) is 5.52. The average Bonchev–Trinajstić information content (AvgIpc) is 1.74. The Bertz CT molecular complexity index is 226. The Balaban J connectivity index is 2.64. The molecule has 0 saturated heterocycles. The highest BCUT2D eigenvalue weighted by molar-refractivity contribution is 5.35. The van der Waals surface area contributed by atoms with E-state index in [2.05, 4.69) is 18.0 Å². The van der Waals surface area contributed by atoms with Gasteiger partial charge in [-0.1, -0.05) is 0 Å². The lowest BCUT2D eigenvalue weighted by Gasteiger charge is -2.18. The first-order chi connectivity index (χ1) is 4.38. The molecule has 0 atom stereocenters. The molecule has 0 fully saturated rings. The van der Waals surface area contributed by atoms with Gasteiger partial charge in [0.15, 0.2) is 0 Å². The second kappa shape index (κ2) is 1.56. The highest BCUT2D eigenvalue weighted by atomic mass is 14.7. The second-order valence-corrected chi connectivity index (χ2v) is 2.55. The zero-order valence-corrected chi connectivity index (χ0v) is 5.52. The van der Waals surface area contributed by atoms with Crippen molar-refractivity contribution >= 4 is 0 Å². The molecule has 1 heteroatoms. The van der Waals surface area contributed by atoms with Gasteiger partial charge < -0.3 is 0 Å². The lowest BCUT2D eigenvalue weighted by molar-refractivity contribution is 0.778. The smallest absolute Gasteiger partial charge is 0.0441 e. The second-order valence-electron chi connectivity index (χ2n) is 2.55. The molecule has 0 N–H and O–H groups in total. The molecule has 1 aromatic rings. The summed E-state index contributed by atoms with van der Waals surface area (Å²) in [6.07, 6.45) is 4.33. The topological polar surface area (TPSA) is 12.9 Å². The first-order valence-corrected chi connectivity index (χ1v) is 3.31. The van der Waals surface area contributed by atoms with Crippen LogP contribution >= 0.6 is 0 Å². The number of nitrogens with zero attached hydrogens (tertiary/aromatic N) is 1. The first kappa shape index (κ1) is 4.98. The molecule has 1 heterocycles. The van der Waals surface area contributed by atoms with Gasteiger partial charge in [-0.05, 0) is 37.0 Å². The van der Waals surface area contributed by atoms with Gasteiger partial charge in [0, 0.05) is 11.9 Å². The Hall–Kier alpha value is -0.850. The van der Waals surface area contributed by atoms with Crippen LogP contribution in [0.2, 0.25) is 0 Å². The molecular weight excluding hydrogens is 110 g/mol. The minimum Gasteiger partial charge on any atom is -0.261 e. The van der Waals surface area contributed by atoms with E-state index < -0.39 is 0 Å². The maximum Gasteiger partial charge on any atom is 0.0441 e. The number of pyridine rings is 1. The molecule has 0 amide bonds. The summed E-state index contributed by atoms with van der Waals surface area (Å²) in [5.41, 5.74) is 4.21. The number of hydrogen-bond acceptors (Lipinski definition) is 1. The maximum atomic E-state index is 4.23. The van der Waals surface area contributed by atoms with Crippen LogP contribution in [0.25, 0.3) is 0 Å². The molecule has 1 nitrogen and oxygen atoms in total. The SMILES string of the molecule is Cc1ccnc2c1CC2. The van der Waals surface area contributed by atoms with Crippen LogP contribution in [0.5, 0.6) is 0 Å². The quantitative estimate of drug-likeness (QED) is 0.504. The number of aryl methyl sites for hydroxylation is 2. The molecule has 0 radical (unpaired) electrons. The van der Waals surface area contributed by atoms with Gasteiger partial charge in [-0.25, -0.2) is 0 Å². The Morgan fingerprint density at radius 3 is 2.78 bits per heavy atom. The Morgan fingerprint density at radius 2 is 2.33 bits per heavy atom. The lowest BCUT2D eigenvalue weighted by Crippen LogP contribution is -2.12. The van der Waals surface area contributed by atoms with E-state index in [0.29, 0.717) is 0 Å². The molecule has 0 bridgehead atoms. The van der Waals surface area contributed by atoms with Gasteiger partial charge in [-0.15, -0.1) is 0 Å². The lowest BCUT2D eigenvalue weighted by atomic mass is 9.90. The van der Waals surface area contributed by atoms with Crippen molar-refractivity contribution in [3.8, 4) is 0 Å². The number of aromatic nitrogens is 1. The van der Waals surface area contributed by atoms with Crippen molar-refractivity contribution in [2.45, 2.75) is 19.8 Å². The van der Waals surface area contributed by atoms with Crippen LogP contribution in [0.1, 0.15) is 16.8 Å². The fourth-order valence-corrected chi connectivity index (χ4v) is 1.27. The normalized spacial score (nSPS) is 14.3. The van der Waals surface area contributed by atoms with Crippen LogP contribution in [0.3, 0.4) is 0 Å². The molecule has 0 saturated carbocycles. The minimum atomic E-state index is 1.19. The van der Waals surface area contributed by atoms with E-state index >= 15 is 0 Å². The number of rotatable bonds is 0. The summed E-state index contributed by atoms with van der Waals surface area (Å²) >= 11 is 0. The Morgan fingerprint density at radius 1 is 1.44 bits per heavy atom. The number of hydrogen-bond donors (Lipinski definition) is 0. The summed E-state index contributed by atoms with van der Waals surface area (Å²) in [6.45, 7) is 2.15. The van der Waals surface area contributed by atoms with Crippen molar-refractivity contribution in [2.24, 2.45) is 0 Å². The van der Waals surface area contributed by atoms with Gasteiger partial charge in [0.2, 0.25) is 0 Å². The van der Waals surface area contributed by atoms with Crippen LogP contribution in [0.15, 0.2) is 12.3 Å². The highest BCUT2D eigenvalue weighted by Crippen LogP contribution is 2.22. The van der Waals surface area contributed by atoms with Crippen molar-refractivity contribution in [1.29, 1.82) is 0 Å². The van der Waals surface area contributed by atoms with Crippen molar-refractivity contribution in [1.82, 2.24) is 4.98 Å². The van der Waals surface area contributed by atoms with Gasteiger partial charge in [-0.3, -0.25) is 4.98 Å². The van der Waals surface area contributed by atoms with Crippen LogP contribution in [0.4, 0.5) is 0 Å². The van der Waals surface area contributed by atoms with Crippen molar-refractivity contribution < 1.29 is 0 Å². The molecule has 0 aliphatic heterocycles. The largest absolute Gasteiger partial charge is 0.261 e. The average molecular weight is 119 g/mol. The van der Waals surface area contributed by atoms with E-state index in [1.54, 1.807) is 0 Å². The van der Waals surface area contributed by atoms with Gasteiger partial charge in [0.25, 0.3) is 0 Å². The molecule has 1 aromatic heterocycles. The summed E-state index contributed by atoms with van der Waals surface area (Å²) in [4.78, 5) is 4.23. The summed E-state index contributed by atoms with van der Waals surface area (Å²) < 4.78 is 0. The standard InChI is InChI=1S/C8H9N/c1-6-4-5-9-8-3-2-7(6)8/h4-5H,2-3H2,1H3. The highest BCUT2D eigenvalue weighted by Gasteiger charge is 2.14. The van der Waals surface area contributed by atoms with Crippen molar-refractivity contribution in [3.63, 3.8) is 0 Å².